The summed E-state index contributed by atoms with van der Waals surface area (Å²) in [6, 6.07) is 21.8. The largest absolute Gasteiger partial charge is 0.487 e. The van der Waals surface area contributed by atoms with Crippen molar-refractivity contribution in [2.24, 2.45) is 0 Å². The first kappa shape index (κ1) is 20.3. The van der Waals surface area contributed by atoms with Crippen LogP contribution < -0.4 is 4.74 Å². The predicted molar refractivity (Wildman–Crippen MR) is 122 cm³/mol. The van der Waals surface area contributed by atoms with E-state index in [2.05, 4.69) is 23.2 Å². The molecule has 0 saturated heterocycles. The van der Waals surface area contributed by atoms with Gasteiger partial charge < -0.3 is 9.64 Å². The molecule has 0 N–H and O–H groups in total. The van der Waals surface area contributed by atoms with Crippen molar-refractivity contribution >= 4 is 28.6 Å². The van der Waals surface area contributed by atoms with E-state index >= 15 is 0 Å². The normalized spacial score (nSPS) is 10.7. The lowest BCUT2D eigenvalue weighted by molar-refractivity contribution is 0.0746. The molecule has 0 fully saturated rings. The van der Waals surface area contributed by atoms with Crippen molar-refractivity contribution in [2.45, 2.75) is 19.6 Å². The zero-order valence-electron chi connectivity index (χ0n) is 16.4. The van der Waals surface area contributed by atoms with Crippen LogP contribution >= 0.6 is 22.7 Å². The first-order chi connectivity index (χ1) is 14.8. The van der Waals surface area contributed by atoms with E-state index in [-0.39, 0.29) is 5.91 Å². The van der Waals surface area contributed by atoms with Gasteiger partial charge in [-0.1, -0.05) is 42.5 Å². The van der Waals surface area contributed by atoms with Crippen LogP contribution in [0.1, 0.15) is 26.5 Å². The Labute approximate surface area is 184 Å². The van der Waals surface area contributed by atoms with Crippen molar-refractivity contribution < 1.29 is 9.53 Å². The molecule has 2 aromatic heterocycles. The van der Waals surface area contributed by atoms with Gasteiger partial charge in [-0.2, -0.15) is 0 Å². The van der Waals surface area contributed by atoms with E-state index in [1.165, 1.54) is 10.4 Å². The minimum atomic E-state index is 0.0124. The zero-order chi connectivity index (χ0) is 20.6. The van der Waals surface area contributed by atoms with Crippen LogP contribution in [-0.2, 0) is 19.6 Å². The number of hydrogen-bond acceptors (Lipinski definition) is 5. The Morgan fingerprint density at radius 1 is 1.03 bits per heavy atom. The summed E-state index contributed by atoms with van der Waals surface area (Å²) >= 11 is 3.21. The van der Waals surface area contributed by atoms with Gasteiger partial charge in [0.1, 0.15) is 12.4 Å². The number of hydrogen-bond donors (Lipinski definition) is 0. The summed E-state index contributed by atoms with van der Waals surface area (Å²) in [5.74, 6) is 0.687. The topological polar surface area (TPSA) is 42.4 Å². The molecule has 0 atom stereocenters. The lowest BCUT2D eigenvalue weighted by Crippen LogP contribution is -2.32. The van der Waals surface area contributed by atoms with E-state index < -0.39 is 0 Å². The molecule has 4 rings (SSSR count). The van der Waals surface area contributed by atoms with Gasteiger partial charge in [-0.15, -0.1) is 22.7 Å². The summed E-state index contributed by atoms with van der Waals surface area (Å²) in [5, 5.41) is 4.00. The predicted octanol–water partition coefficient (Wildman–Crippen LogP) is 5.67. The Balaban J connectivity index is 1.47. The molecule has 4 aromatic rings. The molecule has 0 spiro atoms. The van der Waals surface area contributed by atoms with Gasteiger partial charge >= 0.3 is 0 Å². The molecule has 0 bridgehead atoms. The number of thiazole rings is 1. The van der Waals surface area contributed by atoms with E-state index in [1.807, 2.05) is 64.2 Å². The highest BCUT2D eigenvalue weighted by Gasteiger charge is 2.17. The third kappa shape index (κ3) is 5.55. The molecule has 1 amide bonds. The molecule has 0 aliphatic carbocycles. The molecule has 0 unspecified atom stereocenters. The second-order valence-corrected chi connectivity index (χ2v) is 8.59. The summed E-state index contributed by atoms with van der Waals surface area (Å²) in [5.41, 5.74) is 4.53. The number of rotatable bonds is 9. The number of carbonyl (C=O) groups is 1. The Morgan fingerprint density at radius 2 is 1.93 bits per heavy atom. The lowest BCUT2D eigenvalue weighted by Gasteiger charge is -2.22. The number of carbonyl (C=O) groups excluding carboxylic acids is 1. The number of nitrogens with zero attached hydrogens (tertiary/aromatic N) is 2. The van der Waals surface area contributed by atoms with Crippen LogP contribution in [-0.4, -0.2) is 22.3 Å². The Bertz CT molecular complexity index is 1050. The third-order valence-corrected chi connectivity index (χ3v) is 6.17. The number of amides is 1. The fourth-order valence-electron chi connectivity index (χ4n) is 3.12. The van der Waals surface area contributed by atoms with Gasteiger partial charge in [-0.05, 0) is 41.6 Å². The van der Waals surface area contributed by atoms with Crippen molar-refractivity contribution in [3.63, 3.8) is 0 Å². The minimum Gasteiger partial charge on any atom is -0.487 e. The number of thiophene rings is 1. The molecular formula is C24H22N2O2S2. The maximum atomic E-state index is 13.3. The molecule has 0 aliphatic heterocycles. The van der Waals surface area contributed by atoms with Crippen molar-refractivity contribution in [3.8, 4) is 5.75 Å². The minimum absolute atomic E-state index is 0.0124. The molecule has 6 heteroatoms. The SMILES string of the molecule is O=C(c1cccc(OCc2cscn2)c1)N(CCc1ccccc1)Cc1cccs1. The van der Waals surface area contributed by atoms with Crippen LogP contribution in [0.4, 0.5) is 0 Å². The van der Waals surface area contributed by atoms with Crippen LogP contribution in [0.3, 0.4) is 0 Å². The highest BCUT2D eigenvalue weighted by Crippen LogP contribution is 2.19. The monoisotopic (exact) mass is 434 g/mol. The van der Waals surface area contributed by atoms with Gasteiger partial charge in [0.15, 0.2) is 0 Å². The average molecular weight is 435 g/mol. The van der Waals surface area contributed by atoms with E-state index in [1.54, 1.807) is 28.2 Å². The Kier molecular flexibility index (Phi) is 6.90. The number of benzene rings is 2. The molecular weight excluding hydrogens is 412 g/mol. The van der Waals surface area contributed by atoms with Crippen molar-refractivity contribution in [3.05, 3.63) is 105 Å². The van der Waals surface area contributed by atoms with Gasteiger partial charge in [-0.3, -0.25) is 4.79 Å². The first-order valence-corrected chi connectivity index (χ1v) is 11.6. The number of ether oxygens (including phenoxy) is 1. The standard InChI is InChI=1S/C24H22N2O2S2/c27-24(20-8-4-9-22(14-20)28-16-21-17-29-18-25-21)26(15-23-10-5-13-30-23)12-11-19-6-2-1-3-7-19/h1-10,13-14,17-18H,11-12,15-16H2. The van der Waals surface area contributed by atoms with Crippen molar-refractivity contribution in [1.82, 2.24) is 9.88 Å². The maximum absolute atomic E-state index is 13.3. The zero-order valence-corrected chi connectivity index (χ0v) is 18.1. The second kappa shape index (κ2) is 10.2. The summed E-state index contributed by atoms with van der Waals surface area (Å²) in [7, 11) is 0. The molecule has 4 nitrogen and oxygen atoms in total. The van der Waals surface area contributed by atoms with E-state index in [0.717, 1.165) is 12.1 Å². The summed E-state index contributed by atoms with van der Waals surface area (Å²) in [6.07, 6.45) is 0.817. The highest BCUT2D eigenvalue weighted by molar-refractivity contribution is 7.09. The molecule has 30 heavy (non-hydrogen) atoms. The van der Waals surface area contributed by atoms with Gasteiger partial charge in [-0.25, -0.2) is 4.98 Å². The van der Waals surface area contributed by atoms with Crippen LogP contribution in [0.2, 0.25) is 0 Å². The molecule has 0 radical (unpaired) electrons. The van der Waals surface area contributed by atoms with Crippen molar-refractivity contribution in [1.29, 1.82) is 0 Å². The fraction of sp³-hybridized carbons (Fsp3) is 0.167. The number of aromatic nitrogens is 1. The van der Waals surface area contributed by atoms with Gasteiger partial charge in [0.05, 0.1) is 17.7 Å². The van der Waals surface area contributed by atoms with E-state index in [4.69, 9.17) is 4.74 Å². The van der Waals surface area contributed by atoms with Gasteiger partial charge in [0, 0.05) is 22.4 Å². The van der Waals surface area contributed by atoms with Crippen LogP contribution in [0.15, 0.2) is 83.0 Å². The summed E-state index contributed by atoms with van der Waals surface area (Å²) < 4.78 is 5.83. The van der Waals surface area contributed by atoms with Crippen LogP contribution in [0.5, 0.6) is 5.75 Å². The second-order valence-electron chi connectivity index (χ2n) is 6.84. The molecule has 0 saturated carbocycles. The smallest absolute Gasteiger partial charge is 0.254 e. The van der Waals surface area contributed by atoms with Crippen LogP contribution in [0, 0.1) is 0 Å². The van der Waals surface area contributed by atoms with Gasteiger partial charge in [0.25, 0.3) is 5.91 Å². The summed E-state index contributed by atoms with van der Waals surface area (Å²) in [6.45, 7) is 1.66. The van der Waals surface area contributed by atoms with E-state index in [9.17, 15) is 4.79 Å². The Hall–Kier alpha value is -2.96. The van der Waals surface area contributed by atoms with Crippen LogP contribution in [0.25, 0.3) is 0 Å². The highest BCUT2D eigenvalue weighted by atomic mass is 32.1. The van der Waals surface area contributed by atoms with Gasteiger partial charge in [0.2, 0.25) is 0 Å². The molecule has 152 valence electrons. The maximum Gasteiger partial charge on any atom is 0.254 e. The summed E-state index contributed by atoms with van der Waals surface area (Å²) in [4.78, 5) is 20.7. The quantitative estimate of drug-likeness (QED) is 0.341. The fourth-order valence-corrected chi connectivity index (χ4v) is 4.38. The lowest BCUT2D eigenvalue weighted by atomic mass is 10.1. The third-order valence-electron chi connectivity index (χ3n) is 4.68. The molecule has 0 aliphatic rings. The van der Waals surface area contributed by atoms with E-state index in [0.29, 0.717) is 31.0 Å². The Morgan fingerprint density at radius 3 is 2.70 bits per heavy atom. The average Bonchev–Trinajstić information content (AvgIpc) is 3.50. The molecule has 2 aromatic carbocycles. The van der Waals surface area contributed by atoms with Crippen molar-refractivity contribution in [2.75, 3.05) is 6.54 Å². The molecule has 2 heterocycles. The first-order valence-electron chi connectivity index (χ1n) is 9.73.